The van der Waals surface area contributed by atoms with Crippen LogP contribution < -0.4 is 10.6 Å². The van der Waals surface area contributed by atoms with Crippen molar-refractivity contribution in [1.82, 2.24) is 10.2 Å². The fourth-order valence-corrected chi connectivity index (χ4v) is 2.31. The van der Waals surface area contributed by atoms with Crippen LogP contribution in [0, 0.1) is 0 Å². The molecule has 0 unspecified atom stereocenters. The Kier molecular flexibility index (Phi) is 2.75. The SMILES string of the molecule is NCc1nnc(N2CCCCC2)s1. The smallest absolute Gasteiger partial charge is 0.208 e. The molecule has 4 nitrogen and oxygen atoms in total. The summed E-state index contributed by atoms with van der Waals surface area (Å²) in [5.74, 6) is 0. The molecule has 1 aromatic heterocycles. The minimum Gasteiger partial charge on any atom is -0.347 e. The quantitative estimate of drug-likeness (QED) is 0.770. The fraction of sp³-hybridized carbons (Fsp3) is 0.750. The second kappa shape index (κ2) is 4.02. The molecular formula is C8H14N4S. The van der Waals surface area contributed by atoms with Gasteiger partial charge in [-0.15, -0.1) is 10.2 Å². The summed E-state index contributed by atoms with van der Waals surface area (Å²) in [5.41, 5.74) is 5.48. The summed E-state index contributed by atoms with van der Waals surface area (Å²) in [6, 6.07) is 0. The highest BCUT2D eigenvalue weighted by molar-refractivity contribution is 7.15. The molecule has 0 spiro atoms. The number of aromatic nitrogens is 2. The molecule has 1 aliphatic heterocycles. The normalized spacial score (nSPS) is 17.8. The zero-order valence-electron chi connectivity index (χ0n) is 7.57. The molecule has 72 valence electrons. The fourth-order valence-electron chi connectivity index (χ4n) is 1.54. The van der Waals surface area contributed by atoms with Gasteiger partial charge in [0.2, 0.25) is 5.13 Å². The van der Waals surface area contributed by atoms with E-state index in [2.05, 4.69) is 15.1 Å². The minimum atomic E-state index is 0.505. The van der Waals surface area contributed by atoms with E-state index in [1.165, 1.54) is 19.3 Å². The van der Waals surface area contributed by atoms with Crippen molar-refractivity contribution in [1.29, 1.82) is 0 Å². The van der Waals surface area contributed by atoms with Crippen LogP contribution in [0.25, 0.3) is 0 Å². The first-order chi connectivity index (χ1) is 6.40. The first kappa shape index (κ1) is 8.90. The molecular weight excluding hydrogens is 184 g/mol. The molecule has 1 aromatic rings. The summed E-state index contributed by atoms with van der Waals surface area (Å²) in [4.78, 5) is 2.31. The van der Waals surface area contributed by atoms with E-state index in [0.717, 1.165) is 23.2 Å². The highest BCUT2D eigenvalue weighted by Gasteiger charge is 2.14. The number of nitrogens with zero attached hydrogens (tertiary/aromatic N) is 3. The molecule has 2 heterocycles. The maximum absolute atomic E-state index is 5.48. The number of hydrogen-bond donors (Lipinski definition) is 1. The van der Waals surface area contributed by atoms with E-state index in [9.17, 15) is 0 Å². The molecule has 0 saturated carbocycles. The minimum absolute atomic E-state index is 0.505. The second-order valence-electron chi connectivity index (χ2n) is 3.23. The second-order valence-corrected chi connectivity index (χ2v) is 4.27. The van der Waals surface area contributed by atoms with Gasteiger partial charge in [-0.25, -0.2) is 0 Å². The lowest BCUT2D eigenvalue weighted by molar-refractivity contribution is 0.575. The third-order valence-corrected chi connectivity index (χ3v) is 3.26. The topological polar surface area (TPSA) is 55.0 Å². The summed E-state index contributed by atoms with van der Waals surface area (Å²) < 4.78 is 0. The summed E-state index contributed by atoms with van der Waals surface area (Å²) >= 11 is 1.62. The van der Waals surface area contributed by atoms with Gasteiger partial charge in [0.05, 0.1) is 0 Å². The van der Waals surface area contributed by atoms with Crippen molar-refractivity contribution >= 4 is 16.5 Å². The largest absolute Gasteiger partial charge is 0.347 e. The predicted molar refractivity (Wildman–Crippen MR) is 53.9 cm³/mol. The maximum Gasteiger partial charge on any atom is 0.208 e. The first-order valence-electron chi connectivity index (χ1n) is 4.67. The van der Waals surface area contributed by atoms with E-state index in [0.29, 0.717) is 6.54 Å². The van der Waals surface area contributed by atoms with Gasteiger partial charge in [0.1, 0.15) is 5.01 Å². The predicted octanol–water partition coefficient (Wildman–Crippen LogP) is 0.987. The zero-order valence-corrected chi connectivity index (χ0v) is 8.39. The number of piperidine rings is 1. The van der Waals surface area contributed by atoms with Crippen LogP contribution in [0.3, 0.4) is 0 Å². The zero-order chi connectivity index (χ0) is 9.10. The van der Waals surface area contributed by atoms with Crippen molar-refractivity contribution < 1.29 is 0 Å². The maximum atomic E-state index is 5.48. The van der Waals surface area contributed by atoms with Gasteiger partial charge in [-0.2, -0.15) is 0 Å². The van der Waals surface area contributed by atoms with Gasteiger partial charge in [0.25, 0.3) is 0 Å². The molecule has 0 atom stereocenters. The Morgan fingerprint density at radius 2 is 2.00 bits per heavy atom. The van der Waals surface area contributed by atoms with E-state index >= 15 is 0 Å². The van der Waals surface area contributed by atoms with Crippen LogP contribution in [-0.2, 0) is 6.54 Å². The molecule has 0 bridgehead atoms. The van der Waals surface area contributed by atoms with Crippen molar-refractivity contribution in [2.24, 2.45) is 5.73 Å². The lowest BCUT2D eigenvalue weighted by Crippen LogP contribution is -2.29. The van der Waals surface area contributed by atoms with Crippen LogP contribution in [0.15, 0.2) is 0 Å². The Balaban J connectivity index is 2.05. The van der Waals surface area contributed by atoms with Gasteiger partial charge in [-0.1, -0.05) is 11.3 Å². The molecule has 2 N–H and O–H groups in total. The average molecular weight is 198 g/mol. The van der Waals surface area contributed by atoms with Gasteiger partial charge >= 0.3 is 0 Å². The van der Waals surface area contributed by atoms with Crippen molar-refractivity contribution in [2.45, 2.75) is 25.8 Å². The van der Waals surface area contributed by atoms with Crippen molar-refractivity contribution in [3.63, 3.8) is 0 Å². The van der Waals surface area contributed by atoms with Crippen LogP contribution in [0.2, 0.25) is 0 Å². The Bertz CT molecular complexity index is 267. The Morgan fingerprint density at radius 1 is 1.23 bits per heavy atom. The Hall–Kier alpha value is -0.680. The van der Waals surface area contributed by atoms with Crippen LogP contribution in [0.5, 0.6) is 0 Å². The Labute approximate surface area is 81.8 Å². The van der Waals surface area contributed by atoms with Crippen molar-refractivity contribution in [2.75, 3.05) is 18.0 Å². The number of hydrogen-bond acceptors (Lipinski definition) is 5. The van der Waals surface area contributed by atoms with E-state index in [1.807, 2.05) is 0 Å². The number of nitrogens with two attached hydrogens (primary N) is 1. The molecule has 2 rings (SSSR count). The first-order valence-corrected chi connectivity index (χ1v) is 5.49. The van der Waals surface area contributed by atoms with Gasteiger partial charge in [-0.3, -0.25) is 0 Å². The van der Waals surface area contributed by atoms with Gasteiger partial charge in [0, 0.05) is 19.6 Å². The molecule has 0 amide bonds. The molecule has 1 fully saturated rings. The van der Waals surface area contributed by atoms with E-state index in [-0.39, 0.29) is 0 Å². The monoisotopic (exact) mass is 198 g/mol. The van der Waals surface area contributed by atoms with Crippen LogP contribution in [0.4, 0.5) is 5.13 Å². The highest BCUT2D eigenvalue weighted by Crippen LogP contribution is 2.23. The third-order valence-electron chi connectivity index (χ3n) is 2.26. The van der Waals surface area contributed by atoms with Crippen molar-refractivity contribution in [3.05, 3.63) is 5.01 Å². The average Bonchev–Trinajstić information content (AvgIpc) is 2.67. The lowest BCUT2D eigenvalue weighted by Gasteiger charge is -2.25. The number of anilines is 1. The third kappa shape index (κ3) is 1.97. The molecule has 0 aromatic carbocycles. The standard InChI is InChI=1S/C8H14N4S/c9-6-7-10-11-8(13-7)12-4-2-1-3-5-12/h1-6,9H2. The number of rotatable bonds is 2. The lowest BCUT2D eigenvalue weighted by atomic mass is 10.1. The van der Waals surface area contributed by atoms with E-state index in [4.69, 9.17) is 5.73 Å². The van der Waals surface area contributed by atoms with E-state index < -0.39 is 0 Å². The van der Waals surface area contributed by atoms with E-state index in [1.54, 1.807) is 11.3 Å². The van der Waals surface area contributed by atoms with Crippen molar-refractivity contribution in [3.8, 4) is 0 Å². The highest BCUT2D eigenvalue weighted by atomic mass is 32.1. The van der Waals surface area contributed by atoms with Crippen LogP contribution >= 0.6 is 11.3 Å². The molecule has 1 saturated heterocycles. The summed E-state index contributed by atoms with van der Waals surface area (Å²) in [6.07, 6.45) is 3.90. The summed E-state index contributed by atoms with van der Waals surface area (Å²) in [5, 5.41) is 10.1. The van der Waals surface area contributed by atoms with Gasteiger partial charge in [-0.05, 0) is 19.3 Å². The molecule has 13 heavy (non-hydrogen) atoms. The molecule has 5 heteroatoms. The molecule has 0 aliphatic carbocycles. The molecule has 0 radical (unpaired) electrons. The molecule has 1 aliphatic rings. The summed E-state index contributed by atoms with van der Waals surface area (Å²) in [6.45, 7) is 2.75. The van der Waals surface area contributed by atoms with Crippen LogP contribution in [-0.4, -0.2) is 23.3 Å². The van der Waals surface area contributed by atoms with Gasteiger partial charge in [0.15, 0.2) is 0 Å². The Morgan fingerprint density at radius 3 is 2.62 bits per heavy atom. The van der Waals surface area contributed by atoms with Crippen LogP contribution in [0.1, 0.15) is 24.3 Å². The van der Waals surface area contributed by atoms with Gasteiger partial charge < -0.3 is 10.6 Å². The summed E-state index contributed by atoms with van der Waals surface area (Å²) in [7, 11) is 0.